The number of carbonyl (C=O) groups excluding carboxylic acids is 1. The first-order valence-electron chi connectivity index (χ1n) is 9.48. The Labute approximate surface area is 176 Å². The molecule has 8 nitrogen and oxygen atoms in total. The van der Waals surface area contributed by atoms with Gasteiger partial charge in [-0.3, -0.25) is 9.36 Å². The molecule has 0 aliphatic carbocycles. The SMILES string of the molecule is Cc1nc2ccc(C(=O)Nc3ccc(-n4cnnn4)cc3)cc2n1-c1ccc(F)cc1. The Hall–Kier alpha value is -4.40. The third kappa shape index (κ3) is 3.52. The first-order valence-corrected chi connectivity index (χ1v) is 9.48. The third-order valence-corrected chi connectivity index (χ3v) is 4.91. The van der Waals surface area contributed by atoms with Gasteiger partial charge >= 0.3 is 0 Å². The molecule has 1 amide bonds. The van der Waals surface area contributed by atoms with E-state index in [2.05, 4.69) is 25.8 Å². The number of benzene rings is 3. The summed E-state index contributed by atoms with van der Waals surface area (Å²) < 4.78 is 16.8. The Morgan fingerprint density at radius 3 is 2.42 bits per heavy atom. The highest BCUT2D eigenvalue weighted by molar-refractivity contribution is 6.06. The van der Waals surface area contributed by atoms with E-state index in [0.717, 1.165) is 28.2 Å². The molecule has 2 aromatic heterocycles. The standard InChI is InChI=1S/C22H16FN7O/c1-14-25-20-11-2-15(12-21(20)30(14)19-7-3-16(23)4-8-19)22(31)26-17-5-9-18(10-6-17)29-13-24-27-28-29/h2-13H,1H3,(H,26,31). The molecule has 0 bridgehead atoms. The first-order chi connectivity index (χ1) is 15.1. The Morgan fingerprint density at radius 2 is 1.71 bits per heavy atom. The van der Waals surface area contributed by atoms with Gasteiger partial charge in [0.1, 0.15) is 18.0 Å². The van der Waals surface area contributed by atoms with Crippen molar-refractivity contribution in [2.24, 2.45) is 0 Å². The summed E-state index contributed by atoms with van der Waals surface area (Å²) in [5.74, 6) is 0.191. The number of anilines is 1. The summed E-state index contributed by atoms with van der Waals surface area (Å²) in [4.78, 5) is 17.4. The van der Waals surface area contributed by atoms with Gasteiger partial charge in [0.25, 0.3) is 5.91 Å². The van der Waals surface area contributed by atoms with Crippen molar-refractivity contribution >= 4 is 22.6 Å². The normalized spacial score (nSPS) is 11.0. The van der Waals surface area contributed by atoms with Gasteiger partial charge in [-0.2, -0.15) is 0 Å². The number of amides is 1. The van der Waals surface area contributed by atoms with E-state index in [-0.39, 0.29) is 11.7 Å². The molecule has 5 rings (SSSR count). The van der Waals surface area contributed by atoms with Gasteiger partial charge in [0.05, 0.1) is 16.7 Å². The van der Waals surface area contributed by atoms with E-state index in [0.29, 0.717) is 11.3 Å². The molecule has 0 aliphatic rings. The van der Waals surface area contributed by atoms with Crippen molar-refractivity contribution in [3.8, 4) is 11.4 Å². The number of halogens is 1. The van der Waals surface area contributed by atoms with Crippen molar-refractivity contribution in [1.82, 2.24) is 29.8 Å². The zero-order valence-electron chi connectivity index (χ0n) is 16.4. The number of fused-ring (bicyclic) bond motifs is 1. The van der Waals surface area contributed by atoms with Gasteiger partial charge in [-0.25, -0.2) is 14.1 Å². The highest BCUT2D eigenvalue weighted by Gasteiger charge is 2.13. The molecule has 0 saturated heterocycles. The van der Waals surface area contributed by atoms with Gasteiger partial charge in [-0.05, 0) is 84.1 Å². The van der Waals surface area contributed by atoms with E-state index < -0.39 is 0 Å². The molecule has 0 saturated carbocycles. The molecule has 0 atom stereocenters. The van der Waals surface area contributed by atoms with Crippen LogP contribution in [0.2, 0.25) is 0 Å². The predicted molar refractivity (Wildman–Crippen MR) is 113 cm³/mol. The molecular weight excluding hydrogens is 397 g/mol. The molecule has 0 spiro atoms. The van der Waals surface area contributed by atoms with Crippen molar-refractivity contribution in [2.45, 2.75) is 6.92 Å². The van der Waals surface area contributed by atoms with E-state index in [4.69, 9.17) is 0 Å². The van der Waals surface area contributed by atoms with Crippen LogP contribution >= 0.6 is 0 Å². The number of rotatable bonds is 4. The van der Waals surface area contributed by atoms with Crippen LogP contribution in [0.5, 0.6) is 0 Å². The van der Waals surface area contributed by atoms with Crippen molar-refractivity contribution in [1.29, 1.82) is 0 Å². The molecule has 31 heavy (non-hydrogen) atoms. The zero-order valence-corrected chi connectivity index (χ0v) is 16.4. The van der Waals surface area contributed by atoms with Crippen LogP contribution in [0.4, 0.5) is 10.1 Å². The molecule has 1 N–H and O–H groups in total. The monoisotopic (exact) mass is 413 g/mol. The number of carbonyl (C=O) groups is 1. The van der Waals surface area contributed by atoms with E-state index in [1.807, 2.05) is 23.6 Å². The second-order valence-electron chi connectivity index (χ2n) is 6.93. The minimum atomic E-state index is -0.308. The van der Waals surface area contributed by atoms with Gasteiger partial charge in [0, 0.05) is 16.9 Å². The molecule has 9 heteroatoms. The van der Waals surface area contributed by atoms with Crippen LogP contribution in [-0.4, -0.2) is 35.7 Å². The molecule has 0 radical (unpaired) electrons. The average molecular weight is 413 g/mol. The number of tetrazole rings is 1. The predicted octanol–water partition coefficient (Wildman–Crippen LogP) is 3.70. The molecule has 0 aliphatic heterocycles. The fraction of sp³-hybridized carbons (Fsp3) is 0.0455. The maximum atomic E-state index is 13.3. The number of aromatic nitrogens is 6. The average Bonchev–Trinajstić information content (AvgIpc) is 3.42. The van der Waals surface area contributed by atoms with Crippen LogP contribution in [0.25, 0.3) is 22.4 Å². The lowest BCUT2D eigenvalue weighted by Gasteiger charge is -2.09. The van der Waals surface area contributed by atoms with Gasteiger partial charge in [0.15, 0.2) is 0 Å². The molecule has 2 heterocycles. The van der Waals surface area contributed by atoms with Crippen molar-refractivity contribution in [3.63, 3.8) is 0 Å². The third-order valence-electron chi connectivity index (χ3n) is 4.91. The topological polar surface area (TPSA) is 90.5 Å². The summed E-state index contributed by atoms with van der Waals surface area (Å²) in [5, 5.41) is 13.9. The Balaban J connectivity index is 1.44. The van der Waals surface area contributed by atoms with Crippen LogP contribution in [-0.2, 0) is 0 Å². The molecule has 3 aromatic carbocycles. The minimum Gasteiger partial charge on any atom is -0.322 e. The Morgan fingerprint density at radius 1 is 0.968 bits per heavy atom. The number of hydrogen-bond acceptors (Lipinski definition) is 5. The molecule has 152 valence electrons. The van der Waals surface area contributed by atoms with E-state index in [1.165, 1.54) is 23.1 Å². The maximum absolute atomic E-state index is 13.3. The number of hydrogen-bond donors (Lipinski definition) is 1. The number of imidazole rings is 1. The lowest BCUT2D eigenvalue weighted by Crippen LogP contribution is -2.12. The number of nitrogens with one attached hydrogen (secondary N) is 1. The lowest BCUT2D eigenvalue weighted by atomic mass is 10.1. The fourth-order valence-electron chi connectivity index (χ4n) is 3.43. The summed E-state index contributed by atoms with van der Waals surface area (Å²) in [7, 11) is 0. The summed E-state index contributed by atoms with van der Waals surface area (Å²) in [6.45, 7) is 1.87. The molecule has 0 fully saturated rings. The van der Waals surface area contributed by atoms with Gasteiger partial charge in [0.2, 0.25) is 0 Å². The fourth-order valence-corrected chi connectivity index (χ4v) is 3.43. The van der Waals surface area contributed by atoms with Crippen LogP contribution < -0.4 is 5.32 Å². The lowest BCUT2D eigenvalue weighted by molar-refractivity contribution is 0.102. The van der Waals surface area contributed by atoms with Crippen LogP contribution in [0.15, 0.2) is 73.1 Å². The quantitative estimate of drug-likeness (QED) is 0.485. The van der Waals surface area contributed by atoms with Gasteiger partial charge in [-0.1, -0.05) is 0 Å². The summed E-state index contributed by atoms with van der Waals surface area (Å²) in [6.07, 6.45) is 1.50. The van der Waals surface area contributed by atoms with E-state index >= 15 is 0 Å². The van der Waals surface area contributed by atoms with Gasteiger partial charge in [-0.15, -0.1) is 5.10 Å². The second-order valence-corrected chi connectivity index (χ2v) is 6.93. The first kappa shape index (κ1) is 18.6. The van der Waals surface area contributed by atoms with Crippen LogP contribution in [0.1, 0.15) is 16.2 Å². The van der Waals surface area contributed by atoms with Crippen LogP contribution in [0.3, 0.4) is 0 Å². The Kier molecular flexibility index (Phi) is 4.47. The number of nitrogens with zero attached hydrogens (tertiary/aromatic N) is 6. The van der Waals surface area contributed by atoms with Crippen molar-refractivity contribution in [3.05, 3.63) is 90.3 Å². The largest absolute Gasteiger partial charge is 0.322 e. The second kappa shape index (κ2) is 7.45. The maximum Gasteiger partial charge on any atom is 0.255 e. The van der Waals surface area contributed by atoms with Gasteiger partial charge < -0.3 is 5.32 Å². The molecule has 5 aromatic rings. The van der Waals surface area contributed by atoms with Crippen molar-refractivity contribution < 1.29 is 9.18 Å². The highest BCUT2D eigenvalue weighted by atomic mass is 19.1. The van der Waals surface area contributed by atoms with E-state index in [9.17, 15) is 9.18 Å². The number of aryl methyl sites for hydroxylation is 1. The van der Waals surface area contributed by atoms with Crippen LogP contribution in [0, 0.1) is 12.7 Å². The molecule has 0 unspecified atom stereocenters. The summed E-state index contributed by atoms with van der Waals surface area (Å²) in [5.41, 5.74) is 4.21. The van der Waals surface area contributed by atoms with Crippen molar-refractivity contribution in [2.75, 3.05) is 5.32 Å². The highest BCUT2D eigenvalue weighted by Crippen LogP contribution is 2.23. The molecular formula is C22H16FN7O. The zero-order chi connectivity index (χ0) is 21.4. The summed E-state index contributed by atoms with van der Waals surface area (Å²) in [6, 6.07) is 18.7. The smallest absolute Gasteiger partial charge is 0.255 e. The van der Waals surface area contributed by atoms with E-state index in [1.54, 1.807) is 42.5 Å². The minimum absolute atomic E-state index is 0.249. The summed E-state index contributed by atoms with van der Waals surface area (Å²) >= 11 is 0. The Bertz CT molecular complexity index is 1370.